The van der Waals surface area contributed by atoms with Gasteiger partial charge < -0.3 is 15.8 Å². The summed E-state index contributed by atoms with van der Waals surface area (Å²) in [6.07, 6.45) is 0. The van der Waals surface area contributed by atoms with Gasteiger partial charge in [0.1, 0.15) is 0 Å². The predicted octanol–water partition coefficient (Wildman–Crippen LogP) is 3.18. The van der Waals surface area contributed by atoms with Gasteiger partial charge in [0.15, 0.2) is 5.82 Å². The number of para-hydroxylation sites is 1. The van der Waals surface area contributed by atoms with Crippen LogP contribution in [0.15, 0.2) is 40.9 Å². The zero-order chi connectivity index (χ0) is 12.3. The third-order valence-corrected chi connectivity index (χ3v) is 2.93. The van der Waals surface area contributed by atoms with Crippen molar-refractivity contribution >= 4 is 33.1 Å². The second-order valence-corrected chi connectivity index (χ2v) is 4.25. The Balaban J connectivity index is 2.32. The van der Waals surface area contributed by atoms with Crippen LogP contribution in [0.4, 0.5) is 17.2 Å². The Hall–Kier alpha value is -1.75. The van der Waals surface area contributed by atoms with Crippen LogP contribution in [-0.4, -0.2) is 12.1 Å². The van der Waals surface area contributed by atoms with Gasteiger partial charge in [0.25, 0.3) is 0 Å². The molecule has 1 aromatic carbocycles. The van der Waals surface area contributed by atoms with Crippen LogP contribution in [0.25, 0.3) is 0 Å². The SMILES string of the molecule is COc1ccc(N)c(Nc2ccccc2Br)n1. The highest BCUT2D eigenvalue weighted by Crippen LogP contribution is 2.28. The van der Waals surface area contributed by atoms with Crippen LogP contribution in [0.5, 0.6) is 5.88 Å². The molecule has 0 atom stereocenters. The van der Waals surface area contributed by atoms with Crippen LogP contribution in [0, 0.1) is 0 Å². The lowest BCUT2D eigenvalue weighted by Crippen LogP contribution is -2.00. The van der Waals surface area contributed by atoms with E-state index in [2.05, 4.69) is 26.2 Å². The van der Waals surface area contributed by atoms with E-state index < -0.39 is 0 Å². The first-order valence-electron chi connectivity index (χ1n) is 5.03. The Morgan fingerprint density at radius 3 is 2.71 bits per heavy atom. The lowest BCUT2D eigenvalue weighted by atomic mass is 10.3. The number of anilines is 3. The van der Waals surface area contributed by atoms with Crippen LogP contribution < -0.4 is 15.8 Å². The number of halogens is 1. The van der Waals surface area contributed by atoms with Gasteiger partial charge in [-0.15, -0.1) is 0 Å². The molecule has 0 bridgehead atoms. The van der Waals surface area contributed by atoms with E-state index in [0.29, 0.717) is 17.4 Å². The van der Waals surface area contributed by atoms with Crippen molar-refractivity contribution in [2.45, 2.75) is 0 Å². The first kappa shape index (κ1) is 11.7. The molecule has 17 heavy (non-hydrogen) atoms. The van der Waals surface area contributed by atoms with Gasteiger partial charge in [-0.25, -0.2) is 0 Å². The third kappa shape index (κ3) is 2.68. The summed E-state index contributed by atoms with van der Waals surface area (Å²) in [5.74, 6) is 1.10. The van der Waals surface area contributed by atoms with E-state index in [9.17, 15) is 0 Å². The molecule has 0 spiro atoms. The van der Waals surface area contributed by atoms with Crippen molar-refractivity contribution in [1.82, 2.24) is 4.98 Å². The molecular weight excluding hydrogens is 282 g/mol. The molecule has 0 radical (unpaired) electrons. The zero-order valence-electron chi connectivity index (χ0n) is 9.27. The minimum absolute atomic E-state index is 0.522. The van der Waals surface area contributed by atoms with E-state index in [1.807, 2.05) is 24.3 Å². The molecule has 0 fully saturated rings. The average Bonchev–Trinajstić information content (AvgIpc) is 2.35. The Morgan fingerprint density at radius 2 is 2.00 bits per heavy atom. The molecule has 5 heteroatoms. The number of hydrogen-bond acceptors (Lipinski definition) is 4. The number of benzene rings is 1. The molecule has 1 heterocycles. The molecule has 0 amide bonds. The molecule has 0 saturated carbocycles. The summed E-state index contributed by atoms with van der Waals surface area (Å²) in [6.45, 7) is 0. The number of nitrogens with one attached hydrogen (secondary N) is 1. The lowest BCUT2D eigenvalue weighted by Gasteiger charge is -2.10. The molecule has 0 saturated heterocycles. The standard InChI is InChI=1S/C12H12BrN3O/c1-17-11-7-6-9(14)12(16-11)15-10-5-3-2-4-8(10)13/h2-7H,14H2,1H3,(H,15,16). The normalized spacial score (nSPS) is 10.0. The van der Waals surface area contributed by atoms with E-state index in [0.717, 1.165) is 10.2 Å². The second-order valence-electron chi connectivity index (χ2n) is 3.40. The molecule has 4 nitrogen and oxygen atoms in total. The third-order valence-electron chi connectivity index (χ3n) is 2.24. The monoisotopic (exact) mass is 293 g/mol. The molecular formula is C12H12BrN3O. The fourth-order valence-corrected chi connectivity index (χ4v) is 1.74. The number of hydrogen-bond donors (Lipinski definition) is 2. The molecule has 3 N–H and O–H groups in total. The topological polar surface area (TPSA) is 60.2 Å². The smallest absolute Gasteiger partial charge is 0.215 e. The average molecular weight is 294 g/mol. The van der Waals surface area contributed by atoms with E-state index in [1.165, 1.54) is 0 Å². The summed E-state index contributed by atoms with van der Waals surface area (Å²) in [5.41, 5.74) is 7.32. The fourth-order valence-electron chi connectivity index (χ4n) is 1.36. The predicted molar refractivity (Wildman–Crippen MR) is 72.6 cm³/mol. The molecule has 0 unspecified atom stereocenters. The zero-order valence-corrected chi connectivity index (χ0v) is 10.9. The Labute approximate surface area is 108 Å². The molecule has 2 rings (SSSR count). The van der Waals surface area contributed by atoms with Crippen molar-refractivity contribution in [3.63, 3.8) is 0 Å². The first-order chi connectivity index (χ1) is 8.20. The second kappa shape index (κ2) is 5.05. The van der Waals surface area contributed by atoms with E-state index >= 15 is 0 Å². The van der Waals surface area contributed by atoms with Gasteiger partial charge in [-0.05, 0) is 34.1 Å². The van der Waals surface area contributed by atoms with Crippen LogP contribution in [0.3, 0.4) is 0 Å². The largest absolute Gasteiger partial charge is 0.481 e. The molecule has 88 valence electrons. The quantitative estimate of drug-likeness (QED) is 0.912. The lowest BCUT2D eigenvalue weighted by molar-refractivity contribution is 0.398. The number of aromatic nitrogens is 1. The Bertz CT molecular complexity index is 531. The highest BCUT2D eigenvalue weighted by Gasteiger charge is 2.05. The first-order valence-corrected chi connectivity index (χ1v) is 5.82. The van der Waals surface area contributed by atoms with Gasteiger partial charge >= 0.3 is 0 Å². The minimum atomic E-state index is 0.522. The van der Waals surface area contributed by atoms with Gasteiger partial charge in [-0.1, -0.05) is 12.1 Å². The number of rotatable bonds is 3. The van der Waals surface area contributed by atoms with Gasteiger partial charge in [-0.2, -0.15) is 4.98 Å². The van der Waals surface area contributed by atoms with Gasteiger partial charge in [0.05, 0.1) is 18.5 Å². The molecule has 2 aromatic rings. The summed E-state index contributed by atoms with van der Waals surface area (Å²) < 4.78 is 6.01. The number of nitrogens with zero attached hydrogens (tertiary/aromatic N) is 1. The van der Waals surface area contributed by atoms with Crippen molar-refractivity contribution in [2.75, 3.05) is 18.2 Å². The fraction of sp³-hybridized carbons (Fsp3) is 0.0833. The minimum Gasteiger partial charge on any atom is -0.481 e. The maximum atomic E-state index is 5.85. The van der Waals surface area contributed by atoms with Crippen molar-refractivity contribution in [3.8, 4) is 5.88 Å². The maximum absolute atomic E-state index is 5.85. The summed E-state index contributed by atoms with van der Waals surface area (Å²) >= 11 is 3.45. The summed E-state index contributed by atoms with van der Waals surface area (Å²) in [5, 5.41) is 3.15. The van der Waals surface area contributed by atoms with Crippen LogP contribution in [0.1, 0.15) is 0 Å². The van der Waals surface area contributed by atoms with Crippen molar-refractivity contribution < 1.29 is 4.74 Å². The maximum Gasteiger partial charge on any atom is 0.215 e. The van der Waals surface area contributed by atoms with Gasteiger partial charge in [0, 0.05) is 10.5 Å². The van der Waals surface area contributed by atoms with E-state index in [1.54, 1.807) is 19.2 Å². The van der Waals surface area contributed by atoms with Gasteiger partial charge in [0.2, 0.25) is 5.88 Å². The Morgan fingerprint density at radius 1 is 1.24 bits per heavy atom. The molecule has 0 aliphatic rings. The summed E-state index contributed by atoms with van der Waals surface area (Å²) in [6, 6.07) is 11.2. The van der Waals surface area contributed by atoms with Crippen LogP contribution in [-0.2, 0) is 0 Å². The molecule has 1 aromatic heterocycles. The van der Waals surface area contributed by atoms with Crippen LogP contribution >= 0.6 is 15.9 Å². The highest BCUT2D eigenvalue weighted by molar-refractivity contribution is 9.10. The number of pyridine rings is 1. The number of methoxy groups -OCH3 is 1. The van der Waals surface area contributed by atoms with Crippen molar-refractivity contribution in [1.29, 1.82) is 0 Å². The summed E-state index contributed by atoms with van der Waals surface area (Å²) in [4.78, 5) is 4.25. The van der Waals surface area contributed by atoms with Crippen molar-refractivity contribution in [2.24, 2.45) is 0 Å². The van der Waals surface area contributed by atoms with Crippen LogP contribution in [0.2, 0.25) is 0 Å². The Kier molecular flexibility index (Phi) is 3.49. The highest BCUT2D eigenvalue weighted by atomic mass is 79.9. The number of nitrogen functional groups attached to an aromatic ring is 1. The number of nitrogens with two attached hydrogens (primary N) is 1. The number of ether oxygens (including phenoxy) is 1. The van der Waals surface area contributed by atoms with E-state index in [-0.39, 0.29) is 0 Å². The summed E-state index contributed by atoms with van der Waals surface area (Å²) in [7, 11) is 1.57. The van der Waals surface area contributed by atoms with Crippen molar-refractivity contribution in [3.05, 3.63) is 40.9 Å². The van der Waals surface area contributed by atoms with Gasteiger partial charge in [-0.3, -0.25) is 0 Å². The van der Waals surface area contributed by atoms with E-state index in [4.69, 9.17) is 10.5 Å². The molecule has 0 aliphatic carbocycles. The molecule has 0 aliphatic heterocycles.